The molecule has 1 fully saturated rings. The number of nitrogens with two attached hydrogens (primary N) is 1. The fraction of sp³-hybridized carbons (Fsp3) is 0.533. The molecule has 1 aromatic rings. The molecule has 0 saturated heterocycles. The minimum atomic E-state index is -0.384. The third-order valence-electron chi connectivity index (χ3n) is 3.85. The molecule has 4 nitrogen and oxygen atoms in total. The Morgan fingerprint density at radius 2 is 2.10 bits per heavy atom. The molecule has 1 aliphatic carbocycles. The Bertz CT molecular complexity index is 531. The number of carbonyl (C=O) groups excluding carboxylic acids is 1. The summed E-state index contributed by atoms with van der Waals surface area (Å²) in [7, 11) is 1.55. The van der Waals surface area contributed by atoms with E-state index in [1.54, 1.807) is 19.2 Å². The predicted octanol–water partition coefficient (Wildman–Crippen LogP) is 4.10. The number of methoxy groups -OCH3 is 1. The first-order chi connectivity index (χ1) is 9.93. The Labute approximate surface area is 138 Å². The SMILES string of the molecule is COc1c(Br)cc(Cl)cc1NC(=O)CC1(N)CCCCC1. The molecule has 0 bridgehead atoms. The minimum Gasteiger partial charge on any atom is -0.493 e. The third kappa shape index (κ3) is 4.34. The molecule has 0 aliphatic heterocycles. The predicted molar refractivity (Wildman–Crippen MR) is 89.0 cm³/mol. The van der Waals surface area contributed by atoms with E-state index in [4.69, 9.17) is 22.1 Å². The maximum absolute atomic E-state index is 12.3. The lowest BCUT2D eigenvalue weighted by Crippen LogP contribution is -2.44. The molecule has 2 rings (SSSR count). The zero-order chi connectivity index (χ0) is 15.5. The van der Waals surface area contributed by atoms with Crippen molar-refractivity contribution in [1.82, 2.24) is 0 Å². The fourth-order valence-electron chi connectivity index (χ4n) is 2.81. The van der Waals surface area contributed by atoms with Crippen LogP contribution in [-0.2, 0) is 4.79 Å². The molecule has 1 aromatic carbocycles. The highest BCUT2D eigenvalue weighted by atomic mass is 79.9. The average Bonchev–Trinajstić information content (AvgIpc) is 2.38. The fourth-order valence-corrected chi connectivity index (χ4v) is 3.78. The molecule has 0 unspecified atom stereocenters. The molecule has 1 amide bonds. The van der Waals surface area contributed by atoms with Crippen LogP contribution in [0.3, 0.4) is 0 Å². The van der Waals surface area contributed by atoms with Gasteiger partial charge in [-0.25, -0.2) is 0 Å². The van der Waals surface area contributed by atoms with Crippen molar-refractivity contribution in [3.63, 3.8) is 0 Å². The van der Waals surface area contributed by atoms with E-state index in [-0.39, 0.29) is 11.4 Å². The summed E-state index contributed by atoms with van der Waals surface area (Å²) in [4.78, 5) is 12.3. The molecular formula is C15H20BrClN2O2. The van der Waals surface area contributed by atoms with E-state index < -0.39 is 0 Å². The molecule has 0 spiro atoms. The van der Waals surface area contributed by atoms with Crippen LogP contribution in [0.15, 0.2) is 16.6 Å². The number of halogens is 2. The topological polar surface area (TPSA) is 64.3 Å². The molecular weight excluding hydrogens is 356 g/mol. The van der Waals surface area contributed by atoms with Gasteiger partial charge >= 0.3 is 0 Å². The van der Waals surface area contributed by atoms with Gasteiger partial charge in [-0.15, -0.1) is 0 Å². The summed E-state index contributed by atoms with van der Waals surface area (Å²) in [6.45, 7) is 0. The van der Waals surface area contributed by atoms with E-state index in [1.165, 1.54) is 6.42 Å². The Kier molecular flexibility index (Phi) is 5.52. The maximum Gasteiger partial charge on any atom is 0.226 e. The zero-order valence-corrected chi connectivity index (χ0v) is 14.4. The summed E-state index contributed by atoms with van der Waals surface area (Å²) < 4.78 is 6.00. The van der Waals surface area contributed by atoms with E-state index in [1.807, 2.05) is 0 Å². The van der Waals surface area contributed by atoms with Gasteiger partial charge in [0.25, 0.3) is 0 Å². The smallest absolute Gasteiger partial charge is 0.226 e. The van der Waals surface area contributed by atoms with Crippen LogP contribution in [0, 0.1) is 0 Å². The number of hydrogen-bond donors (Lipinski definition) is 2. The first kappa shape index (κ1) is 16.6. The molecule has 1 aliphatic rings. The Morgan fingerprint density at radius 1 is 1.43 bits per heavy atom. The lowest BCUT2D eigenvalue weighted by Gasteiger charge is -2.32. The molecule has 0 heterocycles. The maximum atomic E-state index is 12.3. The van der Waals surface area contributed by atoms with Gasteiger partial charge in [-0.3, -0.25) is 4.79 Å². The quantitative estimate of drug-likeness (QED) is 0.832. The number of ether oxygens (including phenoxy) is 1. The van der Waals surface area contributed by atoms with Crippen molar-refractivity contribution in [2.75, 3.05) is 12.4 Å². The summed E-state index contributed by atoms with van der Waals surface area (Å²) in [5, 5.41) is 3.38. The van der Waals surface area contributed by atoms with Crippen molar-refractivity contribution in [3.8, 4) is 5.75 Å². The normalized spacial score (nSPS) is 17.3. The number of benzene rings is 1. The second kappa shape index (κ2) is 6.99. The molecule has 116 valence electrons. The summed E-state index contributed by atoms with van der Waals surface area (Å²) in [5.74, 6) is 0.453. The van der Waals surface area contributed by atoms with Gasteiger partial charge in [0.05, 0.1) is 17.3 Å². The lowest BCUT2D eigenvalue weighted by atomic mass is 9.80. The van der Waals surface area contributed by atoms with Gasteiger partial charge in [-0.1, -0.05) is 30.9 Å². The zero-order valence-electron chi connectivity index (χ0n) is 12.0. The van der Waals surface area contributed by atoms with Gasteiger partial charge in [0, 0.05) is 17.0 Å². The van der Waals surface area contributed by atoms with Crippen molar-refractivity contribution in [2.24, 2.45) is 5.73 Å². The average molecular weight is 376 g/mol. The summed E-state index contributed by atoms with van der Waals surface area (Å²) in [5.41, 5.74) is 6.49. The van der Waals surface area contributed by atoms with Crippen molar-refractivity contribution in [1.29, 1.82) is 0 Å². The van der Waals surface area contributed by atoms with E-state index in [9.17, 15) is 4.79 Å². The van der Waals surface area contributed by atoms with Gasteiger partial charge in [-0.2, -0.15) is 0 Å². The number of amides is 1. The molecule has 0 atom stereocenters. The number of carbonyl (C=O) groups is 1. The Hall–Kier alpha value is -0.780. The molecule has 6 heteroatoms. The third-order valence-corrected chi connectivity index (χ3v) is 4.66. The van der Waals surface area contributed by atoms with E-state index in [2.05, 4.69) is 21.2 Å². The highest BCUT2D eigenvalue weighted by Crippen LogP contribution is 2.37. The largest absolute Gasteiger partial charge is 0.493 e. The van der Waals surface area contributed by atoms with Crippen LogP contribution in [0.25, 0.3) is 0 Å². The van der Waals surface area contributed by atoms with E-state index in [0.717, 1.165) is 25.7 Å². The van der Waals surface area contributed by atoms with Gasteiger partial charge < -0.3 is 15.8 Å². The van der Waals surface area contributed by atoms with Crippen LogP contribution in [0.4, 0.5) is 5.69 Å². The van der Waals surface area contributed by atoms with Crippen LogP contribution in [0.2, 0.25) is 5.02 Å². The van der Waals surface area contributed by atoms with E-state index >= 15 is 0 Å². The Morgan fingerprint density at radius 3 is 2.71 bits per heavy atom. The van der Waals surface area contributed by atoms with E-state index in [0.29, 0.717) is 27.4 Å². The molecule has 0 radical (unpaired) electrons. The summed E-state index contributed by atoms with van der Waals surface area (Å²) >= 11 is 9.39. The monoisotopic (exact) mass is 374 g/mol. The second-order valence-electron chi connectivity index (χ2n) is 5.62. The molecule has 21 heavy (non-hydrogen) atoms. The number of nitrogens with one attached hydrogen (secondary N) is 1. The molecule has 3 N–H and O–H groups in total. The van der Waals surface area contributed by atoms with Gasteiger partial charge in [0.15, 0.2) is 5.75 Å². The highest BCUT2D eigenvalue weighted by molar-refractivity contribution is 9.10. The van der Waals surface area contributed by atoms with Crippen LogP contribution >= 0.6 is 27.5 Å². The molecule has 0 aromatic heterocycles. The number of hydrogen-bond acceptors (Lipinski definition) is 3. The number of rotatable bonds is 4. The second-order valence-corrected chi connectivity index (χ2v) is 6.91. The Balaban J connectivity index is 2.09. The summed E-state index contributed by atoms with van der Waals surface area (Å²) in [6.07, 6.45) is 5.51. The number of anilines is 1. The first-order valence-electron chi connectivity index (χ1n) is 7.05. The first-order valence-corrected chi connectivity index (χ1v) is 8.22. The van der Waals surface area contributed by atoms with Crippen molar-refractivity contribution in [3.05, 3.63) is 21.6 Å². The lowest BCUT2D eigenvalue weighted by molar-refractivity contribution is -0.117. The van der Waals surface area contributed by atoms with Crippen molar-refractivity contribution >= 4 is 39.1 Å². The molecule has 1 saturated carbocycles. The van der Waals surface area contributed by atoms with Gasteiger partial charge in [-0.05, 0) is 40.9 Å². The van der Waals surface area contributed by atoms with Crippen LogP contribution in [0.5, 0.6) is 5.75 Å². The highest BCUT2D eigenvalue weighted by Gasteiger charge is 2.30. The van der Waals surface area contributed by atoms with Crippen molar-refractivity contribution < 1.29 is 9.53 Å². The van der Waals surface area contributed by atoms with Gasteiger partial charge in [0.2, 0.25) is 5.91 Å². The minimum absolute atomic E-state index is 0.105. The van der Waals surface area contributed by atoms with Crippen LogP contribution in [-0.4, -0.2) is 18.6 Å². The van der Waals surface area contributed by atoms with Crippen LogP contribution in [0.1, 0.15) is 38.5 Å². The van der Waals surface area contributed by atoms with Crippen molar-refractivity contribution in [2.45, 2.75) is 44.1 Å². The standard InChI is InChI=1S/C15H20BrClN2O2/c1-21-14-11(16)7-10(17)8-12(14)19-13(20)9-15(18)5-3-2-4-6-15/h7-8H,2-6,9,18H2,1H3,(H,19,20). The summed E-state index contributed by atoms with van der Waals surface area (Å²) in [6, 6.07) is 3.40. The van der Waals surface area contributed by atoms with Crippen LogP contribution < -0.4 is 15.8 Å². The van der Waals surface area contributed by atoms with Gasteiger partial charge in [0.1, 0.15) is 0 Å².